The molecule has 2 rings (SSSR count). The molecule has 0 N–H and O–H groups in total. The predicted octanol–water partition coefficient (Wildman–Crippen LogP) is 4.83. The molecule has 0 heterocycles. The minimum Gasteiger partial charge on any atom is -0.479 e. The largest absolute Gasteiger partial charge is 0.479 e. The van der Waals surface area contributed by atoms with Crippen LogP contribution < -0.4 is 4.74 Å². The van der Waals surface area contributed by atoms with E-state index in [1.54, 1.807) is 31.2 Å². The van der Waals surface area contributed by atoms with Gasteiger partial charge >= 0.3 is 5.97 Å². The quantitative estimate of drug-likeness (QED) is 0.536. The van der Waals surface area contributed by atoms with Crippen molar-refractivity contribution in [1.29, 1.82) is 0 Å². The molecule has 138 valence electrons. The molecule has 4 nitrogen and oxygen atoms in total. The van der Waals surface area contributed by atoms with Crippen molar-refractivity contribution in [2.75, 3.05) is 6.61 Å². The van der Waals surface area contributed by atoms with Gasteiger partial charge in [-0.15, -0.1) is 0 Å². The van der Waals surface area contributed by atoms with Crippen molar-refractivity contribution in [3.8, 4) is 5.75 Å². The average Bonchev–Trinajstić information content (AvgIpc) is 2.59. The lowest BCUT2D eigenvalue weighted by Gasteiger charge is -2.20. The number of hydrogen-bond acceptors (Lipinski definition) is 4. The first-order valence-corrected chi connectivity index (χ1v) is 8.77. The van der Waals surface area contributed by atoms with Gasteiger partial charge in [0, 0.05) is 10.6 Å². The van der Waals surface area contributed by atoms with Gasteiger partial charge in [-0.2, -0.15) is 0 Å². The molecule has 0 fully saturated rings. The summed E-state index contributed by atoms with van der Waals surface area (Å²) in [4.78, 5) is 24.1. The zero-order valence-corrected chi connectivity index (χ0v) is 16.2. The topological polar surface area (TPSA) is 52.6 Å². The number of carbonyl (C=O) groups excluding carboxylic acids is 2. The van der Waals surface area contributed by atoms with Crippen molar-refractivity contribution >= 4 is 23.4 Å². The van der Waals surface area contributed by atoms with Crippen molar-refractivity contribution in [2.24, 2.45) is 0 Å². The maximum Gasteiger partial charge on any atom is 0.347 e. The Balaban J connectivity index is 1.87. The number of carbonyl (C=O) groups is 2. The van der Waals surface area contributed by atoms with Crippen molar-refractivity contribution in [2.45, 2.75) is 39.2 Å². The van der Waals surface area contributed by atoms with E-state index in [4.69, 9.17) is 21.1 Å². The molecule has 0 saturated carbocycles. The van der Waals surface area contributed by atoms with Crippen LogP contribution in [0.5, 0.6) is 5.75 Å². The third-order valence-electron chi connectivity index (χ3n) is 3.88. The minimum atomic E-state index is -0.812. The fourth-order valence-electron chi connectivity index (χ4n) is 2.26. The van der Waals surface area contributed by atoms with Crippen LogP contribution in [-0.2, 0) is 14.9 Å². The van der Waals surface area contributed by atoms with E-state index in [0.29, 0.717) is 16.3 Å². The Morgan fingerprint density at radius 1 is 1.00 bits per heavy atom. The molecular weight excluding hydrogens is 352 g/mol. The van der Waals surface area contributed by atoms with E-state index in [1.807, 2.05) is 24.3 Å². The van der Waals surface area contributed by atoms with E-state index in [2.05, 4.69) is 20.8 Å². The van der Waals surface area contributed by atoms with Crippen LogP contribution in [0.1, 0.15) is 43.6 Å². The summed E-state index contributed by atoms with van der Waals surface area (Å²) >= 11 is 5.78. The predicted molar refractivity (Wildman–Crippen MR) is 102 cm³/mol. The molecule has 0 bridgehead atoms. The van der Waals surface area contributed by atoms with Crippen LogP contribution in [0.15, 0.2) is 48.5 Å². The highest BCUT2D eigenvalue weighted by Gasteiger charge is 2.19. The number of rotatable bonds is 6. The average molecular weight is 375 g/mol. The molecule has 2 aromatic rings. The fourth-order valence-corrected chi connectivity index (χ4v) is 2.38. The molecule has 0 aliphatic rings. The first kappa shape index (κ1) is 20.0. The molecule has 0 saturated heterocycles. The Morgan fingerprint density at radius 2 is 1.58 bits per heavy atom. The minimum absolute atomic E-state index is 0.0467. The van der Waals surface area contributed by atoms with Crippen LogP contribution in [0.2, 0.25) is 5.02 Å². The SMILES string of the molecule is C[C@H](Oc1ccc(C(C)(C)C)cc1)C(=O)OCC(=O)c1ccc(Cl)cc1. The number of ether oxygens (including phenoxy) is 2. The first-order chi connectivity index (χ1) is 12.2. The number of benzene rings is 2. The summed E-state index contributed by atoms with van der Waals surface area (Å²) in [5.41, 5.74) is 1.66. The molecule has 0 aromatic heterocycles. The number of ketones is 1. The molecule has 0 radical (unpaired) electrons. The van der Waals surface area contributed by atoms with Gasteiger partial charge in [0.05, 0.1) is 0 Å². The molecule has 0 unspecified atom stereocenters. The van der Waals surface area contributed by atoms with Crippen LogP contribution in [0.3, 0.4) is 0 Å². The van der Waals surface area contributed by atoms with Crippen LogP contribution in [0, 0.1) is 0 Å². The van der Waals surface area contributed by atoms with E-state index >= 15 is 0 Å². The van der Waals surface area contributed by atoms with Crippen LogP contribution >= 0.6 is 11.6 Å². The van der Waals surface area contributed by atoms with E-state index in [1.165, 1.54) is 5.56 Å². The van der Waals surface area contributed by atoms with Gasteiger partial charge in [-0.3, -0.25) is 4.79 Å². The zero-order chi connectivity index (χ0) is 19.3. The second kappa shape index (κ2) is 8.37. The molecule has 1 atom stereocenters. The standard InChI is InChI=1S/C21H23ClO4/c1-14(26-18-11-7-16(8-12-18)21(2,3)4)20(24)25-13-19(23)15-5-9-17(22)10-6-15/h5-12,14H,13H2,1-4H3/t14-/m0/s1. The molecule has 0 spiro atoms. The number of hydrogen-bond donors (Lipinski definition) is 0. The Morgan fingerprint density at radius 3 is 2.12 bits per heavy atom. The Hall–Kier alpha value is -2.33. The maximum absolute atomic E-state index is 12.0. The maximum atomic E-state index is 12.0. The van der Waals surface area contributed by atoms with Gasteiger partial charge < -0.3 is 9.47 Å². The Labute approximate surface area is 159 Å². The normalized spacial score (nSPS) is 12.3. The number of halogens is 1. The Bertz CT molecular complexity index is 758. The highest BCUT2D eigenvalue weighted by molar-refractivity contribution is 6.30. The summed E-state index contributed by atoms with van der Waals surface area (Å²) in [6.45, 7) is 7.63. The van der Waals surface area contributed by atoms with Crippen molar-refractivity contribution in [1.82, 2.24) is 0 Å². The van der Waals surface area contributed by atoms with Crippen molar-refractivity contribution in [3.05, 3.63) is 64.7 Å². The van der Waals surface area contributed by atoms with E-state index in [0.717, 1.165) is 0 Å². The summed E-state index contributed by atoms with van der Waals surface area (Å²) in [7, 11) is 0. The van der Waals surface area contributed by atoms with Gasteiger partial charge in [0.15, 0.2) is 18.5 Å². The van der Waals surface area contributed by atoms with Crippen molar-refractivity contribution in [3.63, 3.8) is 0 Å². The summed E-state index contributed by atoms with van der Waals surface area (Å²) in [6, 6.07) is 14.0. The Kier molecular flexibility index (Phi) is 6.43. The number of esters is 1. The zero-order valence-electron chi connectivity index (χ0n) is 15.4. The molecule has 2 aromatic carbocycles. The molecule has 0 aliphatic carbocycles. The third-order valence-corrected chi connectivity index (χ3v) is 4.13. The van der Waals surface area contributed by atoms with Gasteiger partial charge in [0.2, 0.25) is 0 Å². The highest BCUT2D eigenvalue weighted by atomic mass is 35.5. The van der Waals surface area contributed by atoms with Crippen LogP contribution in [-0.4, -0.2) is 24.5 Å². The lowest BCUT2D eigenvalue weighted by molar-refractivity contribution is -0.149. The van der Waals surface area contributed by atoms with Gasteiger partial charge in [0.1, 0.15) is 5.75 Å². The van der Waals surface area contributed by atoms with Gasteiger partial charge in [-0.25, -0.2) is 4.79 Å². The number of Topliss-reactive ketones (excluding diaryl/α,β-unsaturated/α-hetero) is 1. The van der Waals surface area contributed by atoms with E-state index in [9.17, 15) is 9.59 Å². The molecule has 0 aliphatic heterocycles. The smallest absolute Gasteiger partial charge is 0.347 e. The van der Waals surface area contributed by atoms with Gasteiger partial charge in [-0.05, 0) is 54.3 Å². The third kappa shape index (κ3) is 5.60. The van der Waals surface area contributed by atoms with Gasteiger partial charge in [0.25, 0.3) is 0 Å². The molecule has 26 heavy (non-hydrogen) atoms. The van der Waals surface area contributed by atoms with E-state index < -0.39 is 12.1 Å². The van der Waals surface area contributed by atoms with Crippen molar-refractivity contribution < 1.29 is 19.1 Å². The lowest BCUT2D eigenvalue weighted by Crippen LogP contribution is -2.28. The molecular formula is C21H23ClO4. The highest BCUT2D eigenvalue weighted by Crippen LogP contribution is 2.24. The van der Waals surface area contributed by atoms with E-state index in [-0.39, 0.29) is 17.8 Å². The van der Waals surface area contributed by atoms with Gasteiger partial charge in [-0.1, -0.05) is 44.5 Å². The second-order valence-corrected chi connectivity index (χ2v) is 7.51. The molecule has 5 heteroatoms. The second-order valence-electron chi connectivity index (χ2n) is 7.07. The first-order valence-electron chi connectivity index (χ1n) is 8.39. The fraction of sp³-hybridized carbons (Fsp3) is 0.333. The monoisotopic (exact) mass is 374 g/mol. The molecule has 0 amide bonds. The summed E-state index contributed by atoms with van der Waals surface area (Å²) in [5, 5.41) is 0.540. The summed E-state index contributed by atoms with van der Waals surface area (Å²) in [6.07, 6.45) is -0.812. The lowest BCUT2D eigenvalue weighted by atomic mass is 9.87. The summed E-state index contributed by atoms with van der Waals surface area (Å²) < 4.78 is 10.6. The van der Waals surface area contributed by atoms with Crippen LogP contribution in [0.4, 0.5) is 0 Å². The van der Waals surface area contributed by atoms with Crippen LogP contribution in [0.25, 0.3) is 0 Å². The summed E-state index contributed by atoms with van der Waals surface area (Å²) in [5.74, 6) is -0.310.